The zero-order valence-corrected chi connectivity index (χ0v) is 13.7. The molecule has 3 rings (SSSR count). The van der Waals surface area contributed by atoms with Crippen LogP contribution in [0.5, 0.6) is 0 Å². The summed E-state index contributed by atoms with van der Waals surface area (Å²) in [5.74, 6) is 0.329. The van der Waals surface area contributed by atoms with Crippen LogP contribution >= 0.6 is 0 Å². The lowest BCUT2D eigenvalue weighted by Crippen LogP contribution is -2.31. The van der Waals surface area contributed by atoms with Crippen molar-refractivity contribution in [2.75, 3.05) is 18.5 Å². The topological polar surface area (TPSA) is 76.1 Å². The fourth-order valence-electron chi connectivity index (χ4n) is 2.65. The van der Waals surface area contributed by atoms with Crippen LogP contribution in [0, 0.1) is 0 Å². The second kappa shape index (κ2) is 7.88. The maximum Gasteiger partial charge on any atom is 0.254 e. The summed E-state index contributed by atoms with van der Waals surface area (Å²) in [5.41, 5.74) is 1.60. The van der Waals surface area contributed by atoms with Crippen molar-refractivity contribution in [1.82, 2.24) is 15.3 Å². The van der Waals surface area contributed by atoms with E-state index < -0.39 is 0 Å². The molecule has 6 nitrogen and oxygen atoms in total. The van der Waals surface area contributed by atoms with Crippen LogP contribution in [0.1, 0.15) is 41.7 Å². The average molecular weight is 326 g/mol. The summed E-state index contributed by atoms with van der Waals surface area (Å²) in [4.78, 5) is 20.6. The summed E-state index contributed by atoms with van der Waals surface area (Å²) >= 11 is 0. The van der Waals surface area contributed by atoms with E-state index in [-0.39, 0.29) is 18.1 Å². The first kappa shape index (κ1) is 16.4. The highest BCUT2D eigenvalue weighted by Crippen LogP contribution is 2.16. The van der Waals surface area contributed by atoms with Crippen molar-refractivity contribution >= 4 is 11.9 Å². The van der Waals surface area contributed by atoms with E-state index in [2.05, 4.69) is 20.6 Å². The Morgan fingerprint density at radius 3 is 2.71 bits per heavy atom. The first-order valence-electron chi connectivity index (χ1n) is 8.25. The van der Waals surface area contributed by atoms with E-state index >= 15 is 0 Å². The lowest BCUT2D eigenvalue weighted by molar-refractivity contribution is 0.0857. The van der Waals surface area contributed by atoms with Crippen LogP contribution < -0.4 is 10.6 Å². The SMILES string of the molecule is CC(Nc1ncc(C(=O)NCC2CCCO2)cn1)c1ccccc1. The molecule has 6 heteroatoms. The Morgan fingerprint density at radius 2 is 2.04 bits per heavy atom. The molecule has 0 spiro atoms. The van der Waals surface area contributed by atoms with Gasteiger partial charge < -0.3 is 15.4 Å². The number of nitrogens with zero attached hydrogens (tertiary/aromatic N) is 2. The molecular weight excluding hydrogens is 304 g/mol. The van der Waals surface area contributed by atoms with Gasteiger partial charge in [-0.1, -0.05) is 30.3 Å². The van der Waals surface area contributed by atoms with Crippen molar-refractivity contribution in [2.24, 2.45) is 0 Å². The highest BCUT2D eigenvalue weighted by atomic mass is 16.5. The van der Waals surface area contributed by atoms with Crippen molar-refractivity contribution in [3.05, 3.63) is 53.9 Å². The summed E-state index contributed by atoms with van der Waals surface area (Å²) in [6.07, 6.45) is 5.26. The van der Waals surface area contributed by atoms with Gasteiger partial charge >= 0.3 is 0 Å². The average Bonchev–Trinajstić information content (AvgIpc) is 3.14. The van der Waals surface area contributed by atoms with E-state index in [0.29, 0.717) is 18.1 Å². The monoisotopic (exact) mass is 326 g/mol. The quantitative estimate of drug-likeness (QED) is 0.853. The minimum Gasteiger partial charge on any atom is -0.376 e. The second-order valence-electron chi connectivity index (χ2n) is 5.92. The highest BCUT2D eigenvalue weighted by Gasteiger charge is 2.17. The molecule has 1 saturated heterocycles. The third-order valence-corrected chi connectivity index (χ3v) is 4.07. The molecule has 126 valence electrons. The molecule has 2 N–H and O–H groups in total. The number of ether oxygens (including phenoxy) is 1. The third kappa shape index (κ3) is 4.29. The summed E-state index contributed by atoms with van der Waals surface area (Å²) < 4.78 is 5.49. The zero-order valence-electron chi connectivity index (χ0n) is 13.7. The fraction of sp³-hybridized carbons (Fsp3) is 0.389. The van der Waals surface area contributed by atoms with Crippen LogP contribution in [-0.2, 0) is 4.74 Å². The number of anilines is 1. The van der Waals surface area contributed by atoms with E-state index in [0.717, 1.165) is 25.0 Å². The van der Waals surface area contributed by atoms with Gasteiger partial charge in [-0.2, -0.15) is 0 Å². The fourth-order valence-corrected chi connectivity index (χ4v) is 2.65. The van der Waals surface area contributed by atoms with E-state index in [9.17, 15) is 4.79 Å². The number of rotatable bonds is 6. The van der Waals surface area contributed by atoms with Crippen molar-refractivity contribution in [3.63, 3.8) is 0 Å². The van der Waals surface area contributed by atoms with Gasteiger partial charge in [0.2, 0.25) is 5.95 Å². The van der Waals surface area contributed by atoms with Crippen LogP contribution in [0.25, 0.3) is 0 Å². The summed E-state index contributed by atoms with van der Waals surface area (Å²) in [6.45, 7) is 3.36. The third-order valence-electron chi connectivity index (χ3n) is 4.07. The number of carbonyl (C=O) groups excluding carboxylic acids is 1. The van der Waals surface area contributed by atoms with Crippen LogP contribution in [0.15, 0.2) is 42.7 Å². The Hall–Kier alpha value is -2.47. The minimum absolute atomic E-state index is 0.0883. The lowest BCUT2D eigenvalue weighted by Gasteiger charge is -2.14. The summed E-state index contributed by atoms with van der Waals surface area (Å²) in [7, 11) is 0. The van der Waals surface area contributed by atoms with E-state index in [1.54, 1.807) is 0 Å². The number of hydrogen-bond donors (Lipinski definition) is 2. The van der Waals surface area contributed by atoms with Crippen LogP contribution in [0.2, 0.25) is 0 Å². The van der Waals surface area contributed by atoms with Gasteiger partial charge in [0, 0.05) is 25.5 Å². The van der Waals surface area contributed by atoms with Gasteiger partial charge in [-0.3, -0.25) is 4.79 Å². The van der Waals surface area contributed by atoms with Crippen molar-refractivity contribution in [3.8, 4) is 0 Å². The summed E-state index contributed by atoms with van der Waals surface area (Å²) in [6, 6.07) is 10.2. The maximum atomic E-state index is 12.1. The Kier molecular flexibility index (Phi) is 5.38. The molecule has 0 radical (unpaired) electrons. The van der Waals surface area contributed by atoms with E-state index in [1.807, 2.05) is 37.3 Å². The lowest BCUT2D eigenvalue weighted by atomic mass is 10.1. The molecule has 0 aliphatic carbocycles. The van der Waals surface area contributed by atoms with Gasteiger partial charge in [0.1, 0.15) is 0 Å². The summed E-state index contributed by atoms with van der Waals surface area (Å²) in [5, 5.41) is 6.09. The number of benzene rings is 1. The second-order valence-corrected chi connectivity index (χ2v) is 5.92. The maximum absolute atomic E-state index is 12.1. The van der Waals surface area contributed by atoms with Crippen LogP contribution in [0.4, 0.5) is 5.95 Å². The van der Waals surface area contributed by atoms with Gasteiger partial charge in [-0.25, -0.2) is 9.97 Å². The molecular formula is C18H22N4O2. The van der Waals surface area contributed by atoms with Crippen molar-refractivity contribution < 1.29 is 9.53 Å². The number of hydrogen-bond acceptors (Lipinski definition) is 5. The van der Waals surface area contributed by atoms with Gasteiger partial charge in [-0.15, -0.1) is 0 Å². The standard InChI is InChI=1S/C18H22N4O2/c1-13(14-6-3-2-4-7-14)22-18-20-10-15(11-21-18)17(23)19-12-16-8-5-9-24-16/h2-4,6-7,10-11,13,16H,5,8-9,12H2,1H3,(H,19,23)(H,20,21,22). The minimum atomic E-state index is -0.173. The highest BCUT2D eigenvalue weighted by molar-refractivity contribution is 5.93. The normalized spacial score (nSPS) is 18.1. The van der Waals surface area contributed by atoms with Crippen molar-refractivity contribution in [1.29, 1.82) is 0 Å². The molecule has 1 fully saturated rings. The number of amides is 1. The molecule has 0 saturated carbocycles. The molecule has 1 amide bonds. The molecule has 1 aliphatic heterocycles. The molecule has 1 aliphatic rings. The Balaban J connectivity index is 1.53. The predicted molar refractivity (Wildman–Crippen MR) is 91.8 cm³/mol. The first-order valence-corrected chi connectivity index (χ1v) is 8.25. The molecule has 2 aromatic rings. The molecule has 2 atom stereocenters. The van der Waals surface area contributed by atoms with Gasteiger partial charge in [0.25, 0.3) is 5.91 Å². The van der Waals surface area contributed by atoms with E-state index in [4.69, 9.17) is 4.74 Å². The number of aromatic nitrogens is 2. The molecule has 1 aromatic carbocycles. The Bertz CT molecular complexity index is 654. The van der Waals surface area contributed by atoms with Gasteiger partial charge in [-0.05, 0) is 25.3 Å². The molecule has 0 bridgehead atoms. The molecule has 2 unspecified atom stereocenters. The molecule has 24 heavy (non-hydrogen) atoms. The van der Waals surface area contributed by atoms with E-state index in [1.165, 1.54) is 12.4 Å². The largest absolute Gasteiger partial charge is 0.376 e. The Labute approximate surface area is 141 Å². The molecule has 2 heterocycles. The Morgan fingerprint density at radius 1 is 1.29 bits per heavy atom. The van der Waals surface area contributed by atoms with Crippen molar-refractivity contribution in [2.45, 2.75) is 31.9 Å². The van der Waals surface area contributed by atoms with Gasteiger partial charge in [0.15, 0.2) is 0 Å². The number of carbonyl (C=O) groups is 1. The first-order chi connectivity index (χ1) is 11.7. The molecule has 1 aromatic heterocycles. The zero-order chi connectivity index (χ0) is 16.8. The predicted octanol–water partition coefficient (Wildman–Crippen LogP) is 2.56. The van der Waals surface area contributed by atoms with Crippen LogP contribution in [-0.4, -0.2) is 35.1 Å². The van der Waals surface area contributed by atoms with Crippen LogP contribution in [0.3, 0.4) is 0 Å². The van der Waals surface area contributed by atoms with Gasteiger partial charge in [0.05, 0.1) is 17.7 Å². The smallest absolute Gasteiger partial charge is 0.254 e. The number of nitrogens with one attached hydrogen (secondary N) is 2.